The highest BCUT2D eigenvalue weighted by Crippen LogP contribution is 2.22. The van der Waals surface area contributed by atoms with Crippen molar-refractivity contribution in [2.45, 2.75) is 19.3 Å². The summed E-state index contributed by atoms with van der Waals surface area (Å²) < 4.78 is 25.3. The molecule has 2 aromatic rings. The molecule has 0 fully saturated rings. The fourth-order valence-electron chi connectivity index (χ4n) is 1.83. The maximum atomic E-state index is 12.8. The Kier molecular flexibility index (Phi) is 6.42. The zero-order chi connectivity index (χ0) is 18.3. The van der Waals surface area contributed by atoms with Gasteiger partial charge in [0.25, 0.3) is 0 Å². The van der Waals surface area contributed by atoms with E-state index in [2.05, 4.69) is 11.4 Å². The van der Waals surface area contributed by atoms with E-state index < -0.39 is 22.7 Å². The number of nitriles is 1. The normalized spacial score (nSPS) is 10.2. The SMILES string of the molecule is CC(C)(C#N)c1cccc(C=O)c1.CNc1ccc(F)c(N)c1F. The molecule has 0 bridgehead atoms. The number of hydrogen-bond acceptors (Lipinski definition) is 4. The summed E-state index contributed by atoms with van der Waals surface area (Å²) >= 11 is 0. The maximum Gasteiger partial charge on any atom is 0.172 e. The number of nitrogens with zero attached hydrogens (tertiary/aromatic N) is 1. The second-order valence-electron chi connectivity index (χ2n) is 5.55. The minimum atomic E-state index is -0.743. The third-order valence-corrected chi connectivity index (χ3v) is 3.42. The molecule has 0 saturated heterocycles. The predicted molar refractivity (Wildman–Crippen MR) is 90.8 cm³/mol. The number of benzene rings is 2. The van der Waals surface area contributed by atoms with Crippen molar-refractivity contribution in [3.8, 4) is 6.07 Å². The number of nitrogens with one attached hydrogen (secondary N) is 1. The molecule has 0 aliphatic carbocycles. The van der Waals surface area contributed by atoms with Crippen LogP contribution in [-0.2, 0) is 5.41 Å². The van der Waals surface area contributed by atoms with Crippen LogP contribution in [0.15, 0.2) is 36.4 Å². The number of nitrogen functional groups attached to an aromatic ring is 1. The summed E-state index contributed by atoms with van der Waals surface area (Å²) in [5.41, 5.74) is 5.78. The van der Waals surface area contributed by atoms with Crippen molar-refractivity contribution >= 4 is 17.7 Å². The van der Waals surface area contributed by atoms with Gasteiger partial charge in [-0.15, -0.1) is 0 Å². The molecule has 0 aromatic heterocycles. The average Bonchev–Trinajstić information content (AvgIpc) is 2.60. The van der Waals surface area contributed by atoms with E-state index in [1.54, 1.807) is 18.2 Å². The first-order valence-electron chi connectivity index (χ1n) is 7.15. The minimum Gasteiger partial charge on any atom is -0.394 e. The molecule has 0 atom stereocenters. The molecule has 0 saturated carbocycles. The highest BCUT2D eigenvalue weighted by atomic mass is 19.1. The zero-order valence-electron chi connectivity index (χ0n) is 13.7. The minimum absolute atomic E-state index is 0.198. The van der Waals surface area contributed by atoms with Gasteiger partial charge in [0.1, 0.15) is 17.8 Å². The molecule has 6 heteroatoms. The third kappa shape index (κ3) is 4.53. The number of hydrogen-bond donors (Lipinski definition) is 2. The number of rotatable bonds is 3. The molecule has 4 nitrogen and oxygen atoms in total. The van der Waals surface area contributed by atoms with Crippen molar-refractivity contribution in [3.05, 3.63) is 59.2 Å². The number of halogens is 2. The van der Waals surface area contributed by atoms with Crippen LogP contribution in [0.2, 0.25) is 0 Å². The van der Waals surface area contributed by atoms with E-state index in [1.807, 2.05) is 19.9 Å². The summed E-state index contributed by atoms with van der Waals surface area (Å²) in [6.45, 7) is 3.66. The van der Waals surface area contributed by atoms with Gasteiger partial charge in [-0.1, -0.05) is 18.2 Å². The van der Waals surface area contributed by atoms with Gasteiger partial charge in [0.05, 0.1) is 17.2 Å². The highest BCUT2D eigenvalue weighted by molar-refractivity contribution is 5.75. The van der Waals surface area contributed by atoms with Crippen molar-refractivity contribution in [3.63, 3.8) is 0 Å². The summed E-state index contributed by atoms with van der Waals surface area (Å²) in [4.78, 5) is 10.5. The smallest absolute Gasteiger partial charge is 0.172 e. The second kappa shape index (κ2) is 8.06. The predicted octanol–water partition coefficient (Wildman–Crippen LogP) is 3.89. The average molecular weight is 331 g/mol. The van der Waals surface area contributed by atoms with Gasteiger partial charge in [-0.25, -0.2) is 8.78 Å². The molecule has 0 aliphatic heterocycles. The Morgan fingerprint density at radius 2 is 1.92 bits per heavy atom. The van der Waals surface area contributed by atoms with E-state index in [9.17, 15) is 13.6 Å². The Morgan fingerprint density at radius 3 is 2.46 bits per heavy atom. The lowest BCUT2D eigenvalue weighted by Gasteiger charge is -2.15. The Bertz CT molecular complexity index is 767. The van der Waals surface area contributed by atoms with Crippen LogP contribution in [0, 0.1) is 23.0 Å². The Balaban J connectivity index is 0.000000243. The number of carbonyl (C=O) groups is 1. The van der Waals surface area contributed by atoms with Gasteiger partial charge < -0.3 is 11.1 Å². The molecule has 2 aromatic carbocycles. The van der Waals surface area contributed by atoms with E-state index in [0.717, 1.165) is 17.9 Å². The largest absolute Gasteiger partial charge is 0.394 e. The molecular weight excluding hydrogens is 312 g/mol. The van der Waals surface area contributed by atoms with Gasteiger partial charge in [0, 0.05) is 12.6 Å². The summed E-state index contributed by atoms with van der Waals surface area (Å²) in [7, 11) is 1.54. The molecule has 0 spiro atoms. The molecule has 0 radical (unpaired) electrons. The monoisotopic (exact) mass is 331 g/mol. The Morgan fingerprint density at radius 1 is 1.25 bits per heavy atom. The first-order chi connectivity index (χ1) is 11.3. The molecule has 0 heterocycles. The molecule has 0 unspecified atom stereocenters. The van der Waals surface area contributed by atoms with E-state index in [4.69, 9.17) is 11.0 Å². The lowest BCUT2D eigenvalue weighted by molar-refractivity contribution is 0.112. The van der Waals surface area contributed by atoms with Gasteiger partial charge >= 0.3 is 0 Å². The van der Waals surface area contributed by atoms with Gasteiger partial charge in [0.15, 0.2) is 5.82 Å². The summed E-state index contributed by atoms with van der Waals surface area (Å²) in [5, 5.41) is 11.4. The van der Waals surface area contributed by atoms with Gasteiger partial charge in [0.2, 0.25) is 0 Å². The summed E-state index contributed by atoms with van der Waals surface area (Å²) in [5.74, 6) is -1.48. The van der Waals surface area contributed by atoms with Crippen LogP contribution >= 0.6 is 0 Å². The van der Waals surface area contributed by atoms with Crippen molar-refractivity contribution in [2.24, 2.45) is 0 Å². The van der Waals surface area contributed by atoms with Gasteiger partial charge in [-0.2, -0.15) is 5.26 Å². The van der Waals surface area contributed by atoms with Crippen molar-refractivity contribution < 1.29 is 13.6 Å². The van der Waals surface area contributed by atoms with E-state index >= 15 is 0 Å². The Labute approximate surface area is 139 Å². The van der Waals surface area contributed by atoms with Gasteiger partial charge in [-0.3, -0.25) is 4.79 Å². The molecule has 2 rings (SSSR count). The van der Waals surface area contributed by atoms with E-state index in [-0.39, 0.29) is 5.69 Å². The highest BCUT2D eigenvalue weighted by Gasteiger charge is 2.19. The zero-order valence-corrected chi connectivity index (χ0v) is 13.7. The van der Waals surface area contributed by atoms with Crippen molar-refractivity contribution in [2.75, 3.05) is 18.1 Å². The van der Waals surface area contributed by atoms with Crippen molar-refractivity contribution in [1.82, 2.24) is 0 Å². The van der Waals surface area contributed by atoms with Crippen LogP contribution in [-0.4, -0.2) is 13.3 Å². The molecule has 126 valence electrons. The number of aldehydes is 1. The standard InChI is InChI=1S/C11H11NO.C7H8F2N2/c1-11(2,8-12)10-5-3-4-9(6-10)7-13;1-11-5-3-2-4(8)7(10)6(5)9/h3-7H,1-2H3;2-3,11H,10H2,1H3. The second-order valence-corrected chi connectivity index (χ2v) is 5.55. The number of anilines is 2. The molecule has 3 N–H and O–H groups in total. The quantitative estimate of drug-likeness (QED) is 0.660. The van der Waals surface area contributed by atoms with E-state index in [0.29, 0.717) is 5.56 Å². The third-order valence-electron chi connectivity index (χ3n) is 3.42. The molecule has 24 heavy (non-hydrogen) atoms. The summed E-state index contributed by atoms with van der Waals surface area (Å²) in [6.07, 6.45) is 0.789. The maximum absolute atomic E-state index is 12.8. The van der Waals surface area contributed by atoms with Crippen LogP contribution in [0.3, 0.4) is 0 Å². The van der Waals surface area contributed by atoms with Crippen LogP contribution in [0.4, 0.5) is 20.2 Å². The van der Waals surface area contributed by atoms with Crippen LogP contribution < -0.4 is 11.1 Å². The van der Waals surface area contributed by atoms with Crippen LogP contribution in [0.25, 0.3) is 0 Å². The summed E-state index contributed by atoms with van der Waals surface area (Å²) in [6, 6.07) is 11.7. The number of nitrogens with two attached hydrogens (primary N) is 1. The first kappa shape index (κ1) is 19.1. The van der Waals surface area contributed by atoms with E-state index in [1.165, 1.54) is 13.1 Å². The van der Waals surface area contributed by atoms with Gasteiger partial charge in [-0.05, 0) is 37.6 Å². The van der Waals surface area contributed by atoms with Crippen molar-refractivity contribution in [1.29, 1.82) is 5.26 Å². The lowest BCUT2D eigenvalue weighted by atomic mass is 9.86. The fourth-order valence-corrected chi connectivity index (χ4v) is 1.83. The van der Waals surface area contributed by atoms with Crippen LogP contribution in [0.1, 0.15) is 29.8 Å². The fraction of sp³-hybridized carbons (Fsp3) is 0.222. The molecule has 0 aliphatic rings. The number of carbonyl (C=O) groups excluding carboxylic acids is 1. The Hall–Kier alpha value is -2.94. The lowest BCUT2D eigenvalue weighted by Crippen LogP contribution is -2.13. The first-order valence-corrected chi connectivity index (χ1v) is 7.15. The topological polar surface area (TPSA) is 78.9 Å². The molecule has 0 amide bonds. The molecular formula is C18H19F2N3O. The van der Waals surface area contributed by atoms with Crippen LogP contribution in [0.5, 0.6) is 0 Å².